The number of anilines is 1. The highest BCUT2D eigenvalue weighted by atomic mass is 35.5. The normalized spacial score (nSPS) is 10.9. The van der Waals surface area contributed by atoms with E-state index < -0.39 is 0 Å². The number of nitrogens with zero attached hydrogens (tertiary/aromatic N) is 2. The van der Waals surface area contributed by atoms with Crippen LogP contribution < -0.4 is 5.73 Å². The average molecular weight is 196 g/mol. The first kappa shape index (κ1) is 8.38. The Morgan fingerprint density at radius 1 is 1.54 bits per heavy atom. The van der Waals surface area contributed by atoms with Crippen molar-refractivity contribution >= 4 is 28.3 Å². The highest BCUT2D eigenvalue weighted by molar-refractivity contribution is 6.31. The van der Waals surface area contributed by atoms with Crippen LogP contribution in [0.2, 0.25) is 5.02 Å². The fraction of sp³-hybridized carbons (Fsp3) is 0.222. The molecule has 0 unspecified atom stereocenters. The van der Waals surface area contributed by atoms with Gasteiger partial charge in [-0.25, -0.2) is 4.68 Å². The number of nitrogen functional groups attached to an aromatic ring is 1. The maximum absolute atomic E-state index is 5.86. The number of hydrogen-bond donors (Lipinski definition) is 1. The quantitative estimate of drug-likeness (QED) is 0.759. The van der Waals surface area contributed by atoms with Crippen LogP contribution in [0.25, 0.3) is 10.9 Å². The molecule has 1 heterocycles. The zero-order valence-electron chi connectivity index (χ0n) is 7.29. The van der Waals surface area contributed by atoms with Gasteiger partial charge in [0.15, 0.2) is 0 Å². The molecule has 4 heteroatoms. The van der Waals surface area contributed by atoms with Crippen LogP contribution in [0.1, 0.15) is 6.92 Å². The van der Waals surface area contributed by atoms with Crippen LogP contribution in [0.3, 0.4) is 0 Å². The molecule has 2 N–H and O–H groups in total. The number of aromatic nitrogens is 2. The van der Waals surface area contributed by atoms with E-state index in [-0.39, 0.29) is 0 Å². The summed E-state index contributed by atoms with van der Waals surface area (Å²) in [6.45, 7) is 2.78. The van der Waals surface area contributed by atoms with Crippen LogP contribution in [0.5, 0.6) is 0 Å². The summed E-state index contributed by atoms with van der Waals surface area (Å²) in [5.41, 5.74) is 6.75. The Labute approximate surface area is 81.1 Å². The van der Waals surface area contributed by atoms with E-state index in [1.165, 1.54) is 0 Å². The Balaban J connectivity index is 2.77. The molecule has 0 aliphatic heterocycles. The number of halogens is 1. The smallest absolute Gasteiger partial charge is 0.129 e. The zero-order valence-corrected chi connectivity index (χ0v) is 8.04. The van der Waals surface area contributed by atoms with Crippen LogP contribution in [-0.2, 0) is 6.54 Å². The van der Waals surface area contributed by atoms with Gasteiger partial charge in [-0.15, -0.1) is 0 Å². The second kappa shape index (κ2) is 2.92. The molecule has 1 aromatic carbocycles. The van der Waals surface area contributed by atoms with Crippen LogP contribution in [0.4, 0.5) is 5.82 Å². The molecule has 2 rings (SSSR count). The van der Waals surface area contributed by atoms with Crippen molar-refractivity contribution in [3.63, 3.8) is 0 Å². The second-order valence-electron chi connectivity index (χ2n) is 2.86. The highest BCUT2D eigenvalue weighted by Crippen LogP contribution is 2.23. The second-order valence-corrected chi connectivity index (χ2v) is 3.30. The lowest BCUT2D eigenvalue weighted by molar-refractivity contribution is 0.678. The summed E-state index contributed by atoms with van der Waals surface area (Å²) >= 11 is 5.85. The Bertz CT molecular complexity index is 447. The molecule has 13 heavy (non-hydrogen) atoms. The predicted molar refractivity (Wildman–Crippen MR) is 54.8 cm³/mol. The predicted octanol–water partition coefficient (Wildman–Crippen LogP) is 2.29. The standard InChI is InChI=1S/C9H10ClN3/c1-2-13-9(11)7-5-6(10)3-4-8(7)12-13/h3-5H,2,11H2,1H3. The van der Waals surface area contributed by atoms with Gasteiger partial charge in [-0.1, -0.05) is 11.6 Å². The molecule has 1 aromatic heterocycles. The summed E-state index contributed by atoms with van der Waals surface area (Å²) in [5.74, 6) is 0.681. The van der Waals surface area contributed by atoms with Gasteiger partial charge in [0.2, 0.25) is 0 Å². The number of aryl methyl sites for hydroxylation is 1. The zero-order chi connectivity index (χ0) is 9.42. The number of nitrogens with two attached hydrogens (primary N) is 1. The van der Waals surface area contributed by atoms with E-state index in [0.717, 1.165) is 17.4 Å². The molecule has 0 saturated carbocycles. The first-order valence-electron chi connectivity index (χ1n) is 4.14. The van der Waals surface area contributed by atoms with Crippen molar-refractivity contribution in [3.05, 3.63) is 23.2 Å². The van der Waals surface area contributed by atoms with Crippen molar-refractivity contribution in [1.29, 1.82) is 0 Å². The molecule has 2 aromatic rings. The molecular weight excluding hydrogens is 186 g/mol. The van der Waals surface area contributed by atoms with Crippen molar-refractivity contribution < 1.29 is 0 Å². The maximum atomic E-state index is 5.86. The number of benzene rings is 1. The molecule has 0 bridgehead atoms. The average Bonchev–Trinajstić information content (AvgIpc) is 2.44. The van der Waals surface area contributed by atoms with E-state index in [2.05, 4.69) is 5.10 Å². The topological polar surface area (TPSA) is 43.8 Å². The van der Waals surface area contributed by atoms with Gasteiger partial charge < -0.3 is 5.73 Å². The minimum Gasteiger partial charge on any atom is -0.383 e. The van der Waals surface area contributed by atoms with Crippen LogP contribution >= 0.6 is 11.6 Å². The molecule has 0 radical (unpaired) electrons. The van der Waals surface area contributed by atoms with Crippen molar-refractivity contribution in [2.24, 2.45) is 0 Å². The van der Waals surface area contributed by atoms with Crippen LogP contribution in [0.15, 0.2) is 18.2 Å². The molecule has 0 spiro atoms. The van der Waals surface area contributed by atoms with E-state index in [4.69, 9.17) is 17.3 Å². The Hall–Kier alpha value is -1.22. The summed E-state index contributed by atoms with van der Waals surface area (Å²) in [6, 6.07) is 5.53. The first-order valence-corrected chi connectivity index (χ1v) is 4.51. The van der Waals surface area contributed by atoms with Crippen molar-refractivity contribution in [2.45, 2.75) is 13.5 Å². The fourth-order valence-corrected chi connectivity index (χ4v) is 1.54. The van der Waals surface area contributed by atoms with E-state index in [9.17, 15) is 0 Å². The van der Waals surface area contributed by atoms with Gasteiger partial charge in [0, 0.05) is 17.0 Å². The molecule has 0 aliphatic carbocycles. The monoisotopic (exact) mass is 195 g/mol. The van der Waals surface area contributed by atoms with Gasteiger partial charge in [-0.05, 0) is 25.1 Å². The van der Waals surface area contributed by atoms with Gasteiger partial charge in [-0.3, -0.25) is 0 Å². The lowest BCUT2D eigenvalue weighted by Gasteiger charge is -1.96. The van der Waals surface area contributed by atoms with E-state index >= 15 is 0 Å². The molecule has 0 amide bonds. The SMILES string of the molecule is CCn1nc2ccc(Cl)cc2c1N. The van der Waals surface area contributed by atoms with E-state index in [1.807, 2.05) is 25.1 Å². The number of fused-ring (bicyclic) bond motifs is 1. The summed E-state index contributed by atoms with van der Waals surface area (Å²) in [5, 5.41) is 5.92. The van der Waals surface area contributed by atoms with Gasteiger partial charge in [0.1, 0.15) is 5.82 Å². The van der Waals surface area contributed by atoms with Crippen LogP contribution in [-0.4, -0.2) is 9.78 Å². The Morgan fingerprint density at radius 3 is 3.00 bits per heavy atom. The Morgan fingerprint density at radius 2 is 2.31 bits per heavy atom. The molecule has 0 aliphatic rings. The third-order valence-electron chi connectivity index (χ3n) is 2.04. The lowest BCUT2D eigenvalue weighted by atomic mass is 10.2. The summed E-state index contributed by atoms with van der Waals surface area (Å²) in [6.07, 6.45) is 0. The maximum Gasteiger partial charge on any atom is 0.129 e. The van der Waals surface area contributed by atoms with Crippen LogP contribution in [0, 0.1) is 0 Å². The highest BCUT2D eigenvalue weighted by Gasteiger charge is 2.06. The van der Waals surface area contributed by atoms with E-state index in [1.54, 1.807) is 4.68 Å². The lowest BCUT2D eigenvalue weighted by Crippen LogP contribution is -2.01. The van der Waals surface area contributed by atoms with Gasteiger partial charge in [0.05, 0.1) is 5.52 Å². The summed E-state index contributed by atoms with van der Waals surface area (Å²) in [7, 11) is 0. The minimum atomic E-state index is 0.681. The Kier molecular flexibility index (Phi) is 1.88. The summed E-state index contributed by atoms with van der Waals surface area (Å²) < 4.78 is 1.76. The molecule has 68 valence electrons. The van der Waals surface area contributed by atoms with E-state index in [0.29, 0.717) is 10.8 Å². The molecular formula is C9H10ClN3. The molecule has 0 fully saturated rings. The number of rotatable bonds is 1. The van der Waals surface area contributed by atoms with Gasteiger partial charge in [-0.2, -0.15) is 5.10 Å². The van der Waals surface area contributed by atoms with Gasteiger partial charge >= 0.3 is 0 Å². The minimum absolute atomic E-state index is 0.681. The summed E-state index contributed by atoms with van der Waals surface area (Å²) in [4.78, 5) is 0. The fourth-order valence-electron chi connectivity index (χ4n) is 1.36. The third kappa shape index (κ3) is 1.25. The largest absolute Gasteiger partial charge is 0.383 e. The molecule has 3 nitrogen and oxygen atoms in total. The third-order valence-corrected chi connectivity index (χ3v) is 2.28. The van der Waals surface area contributed by atoms with Crippen molar-refractivity contribution in [3.8, 4) is 0 Å². The first-order chi connectivity index (χ1) is 6.22. The molecule has 0 saturated heterocycles. The van der Waals surface area contributed by atoms with Gasteiger partial charge in [0.25, 0.3) is 0 Å². The van der Waals surface area contributed by atoms with Crippen molar-refractivity contribution in [1.82, 2.24) is 9.78 Å². The van der Waals surface area contributed by atoms with Crippen molar-refractivity contribution in [2.75, 3.05) is 5.73 Å². The molecule has 0 atom stereocenters. The number of hydrogen-bond acceptors (Lipinski definition) is 2.